The molecule has 1 radical (unpaired) electrons. The zero-order valence-electron chi connectivity index (χ0n) is 13.4. The zero-order valence-corrected chi connectivity index (χ0v) is 15.8. The van der Waals surface area contributed by atoms with Crippen molar-refractivity contribution in [2.24, 2.45) is 0 Å². The van der Waals surface area contributed by atoms with Crippen LogP contribution in [0.3, 0.4) is 0 Å². The molecule has 0 aliphatic carbocycles. The molecule has 0 atom stereocenters. The van der Waals surface area contributed by atoms with Crippen LogP contribution in [0.15, 0.2) is 66.6 Å². The van der Waals surface area contributed by atoms with Gasteiger partial charge in [-0.1, -0.05) is 12.1 Å². The molecule has 1 aromatic heterocycles. The van der Waals surface area contributed by atoms with Crippen LogP contribution in [0.2, 0.25) is 0 Å². The van der Waals surface area contributed by atoms with Crippen molar-refractivity contribution in [2.75, 3.05) is 0 Å². The fourth-order valence-corrected chi connectivity index (χ4v) is 1.93. The molecule has 3 aromatic rings. The third kappa shape index (κ3) is 6.03. The van der Waals surface area contributed by atoms with Crippen molar-refractivity contribution in [3.8, 4) is 11.3 Å². The van der Waals surface area contributed by atoms with Crippen LogP contribution in [0.5, 0.6) is 0 Å². The van der Waals surface area contributed by atoms with Crippen LogP contribution in [-0.4, -0.2) is 20.9 Å². The molecule has 125 valence electrons. The van der Waals surface area contributed by atoms with E-state index in [1.807, 2.05) is 48.5 Å². The Labute approximate surface area is 154 Å². The van der Waals surface area contributed by atoms with Crippen LogP contribution in [-0.2, 0) is 24.9 Å². The van der Waals surface area contributed by atoms with E-state index in [0.29, 0.717) is 0 Å². The van der Waals surface area contributed by atoms with E-state index in [1.165, 1.54) is 19.9 Å². The van der Waals surface area contributed by atoms with Crippen molar-refractivity contribution in [1.29, 1.82) is 0 Å². The van der Waals surface area contributed by atoms with Crippen LogP contribution >= 0.6 is 0 Å². The monoisotopic (exact) mass is 498 g/mol. The number of aromatic nitrogens is 2. The molecule has 5 heteroatoms. The van der Waals surface area contributed by atoms with Crippen LogP contribution in [0.1, 0.15) is 13.8 Å². The zero-order chi connectivity index (χ0) is 16.7. The van der Waals surface area contributed by atoms with Gasteiger partial charge in [0, 0.05) is 38.1 Å². The maximum absolute atomic E-state index is 10.0. The summed E-state index contributed by atoms with van der Waals surface area (Å²) in [5, 5.41) is 8.36. The summed E-state index contributed by atoms with van der Waals surface area (Å²) in [6.07, 6.45) is 2.95. The van der Waals surface area contributed by atoms with E-state index in [2.05, 4.69) is 16.0 Å². The summed E-state index contributed by atoms with van der Waals surface area (Å²) in [5.41, 5.74) is 3.67. The number of fused-ring (bicyclic) bond motifs is 1. The van der Waals surface area contributed by atoms with Crippen molar-refractivity contribution >= 4 is 16.8 Å². The minimum absolute atomic E-state index is 0. The van der Waals surface area contributed by atoms with Gasteiger partial charge >= 0.3 is 0 Å². The summed E-state index contributed by atoms with van der Waals surface area (Å²) in [7, 11) is 0. The maximum Gasteiger partial charge on any atom is 0.155 e. The molecule has 2 aromatic carbocycles. The van der Waals surface area contributed by atoms with Gasteiger partial charge in [-0.05, 0) is 26.0 Å². The first kappa shape index (κ1) is 19.7. The summed E-state index contributed by atoms with van der Waals surface area (Å²) in [5.74, 6) is -0.0625. The first-order valence-electron chi connectivity index (χ1n) is 7.13. The van der Waals surface area contributed by atoms with Gasteiger partial charge in [-0.25, -0.2) is 0 Å². The molecular formula is C19H17IrN2O2-. The summed E-state index contributed by atoms with van der Waals surface area (Å²) in [6.45, 7) is 2.85. The minimum atomic E-state index is -0.125. The Kier molecular flexibility index (Phi) is 7.96. The Balaban J connectivity index is 0.000000312. The third-order valence-corrected chi connectivity index (χ3v) is 2.85. The average Bonchev–Trinajstić information content (AvgIpc) is 2.54. The van der Waals surface area contributed by atoms with E-state index in [1.54, 1.807) is 6.20 Å². The predicted molar refractivity (Wildman–Crippen MR) is 90.9 cm³/mol. The number of carbonyl (C=O) groups is 1. The van der Waals surface area contributed by atoms with Crippen LogP contribution in [0.4, 0.5) is 0 Å². The number of carbonyl (C=O) groups excluding carboxylic acids is 1. The van der Waals surface area contributed by atoms with Crippen LogP contribution in [0.25, 0.3) is 22.3 Å². The molecule has 1 heterocycles. The number of hydrogen-bond acceptors (Lipinski definition) is 4. The van der Waals surface area contributed by atoms with Crippen molar-refractivity contribution < 1.29 is 30.0 Å². The van der Waals surface area contributed by atoms with Gasteiger partial charge in [-0.3, -0.25) is 14.8 Å². The van der Waals surface area contributed by atoms with Gasteiger partial charge in [-0.15, -0.1) is 35.9 Å². The molecule has 0 fully saturated rings. The van der Waals surface area contributed by atoms with Gasteiger partial charge in [0.15, 0.2) is 5.78 Å². The van der Waals surface area contributed by atoms with Gasteiger partial charge in [-0.2, -0.15) is 0 Å². The predicted octanol–water partition coefficient (Wildman–Crippen LogP) is 4.13. The molecule has 0 spiro atoms. The number of hydrogen-bond donors (Lipinski definition) is 1. The number of nitrogens with zero attached hydrogens (tertiary/aromatic N) is 2. The fraction of sp³-hybridized carbons (Fsp3) is 0.105. The summed E-state index contributed by atoms with van der Waals surface area (Å²) in [6, 6.07) is 18.8. The Bertz CT molecular complexity index is 829. The molecule has 0 bridgehead atoms. The molecule has 0 saturated heterocycles. The van der Waals surface area contributed by atoms with Crippen molar-refractivity contribution in [3.63, 3.8) is 0 Å². The van der Waals surface area contributed by atoms with E-state index in [0.717, 1.165) is 22.3 Å². The van der Waals surface area contributed by atoms with Crippen molar-refractivity contribution in [3.05, 3.63) is 72.6 Å². The van der Waals surface area contributed by atoms with E-state index in [-0.39, 0.29) is 31.6 Å². The average molecular weight is 498 g/mol. The first-order valence-corrected chi connectivity index (χ1v) is 7.13. The Morgan fingerprint density at radius 2 is 1.75 bits per heavy atom. The smallest absolute Gasteiger partial charge is 0.155 e. The SMILES string of the molecule is CC(=O)C=C(C)O.[Ir].[c-]1ccccc1-c1cnc2ccccc2n1. The molecule has 3 rings (SSSR count). The molecule has 0 unspecified atom stereocenters. The molecule has 0 aliphatic rings. The number of para-hydroxylation sites is 2. The molecule has 0 saturated carbocycles. The molecule has 24 heavy (non-hydrogen) atoms. The Morgan fingerprint density at radius 3 is 2.29 bits per heavy atom. The van der Waals surface area contributed by atoms with E-state index >= 15 is 0 Å². The van der Waals surface area contributed by atoms with Gasteiger partial charge < -0.3 is 5.11 Å². The fourth-order valence-electron chi connectivity index (χ4n) is 1.93. The van der Waals surface area contributed by atoms with E-state index < -0.39 is 0 Å². The number of benzene rings is 2. The van der Waals surface area contributed by atoms with E-state index in [9.17, 15) is 4.79 Å². The van der Waals surface area contributed by atoms with E-state index in [4.69, 9.17) is 5.11 Å². The third-order valence-electron chi connectivity index (χ3n) is 2.85. The largest absolute Gasteiger partial charge is 0.512 e. The Morgan fingerprint density at radius 1 is 1.08 bits per heavy atom. The second-order valence-electron chi connectivity index (χ2n) is 4.92. The quantitative estimate of drug-likeness (QED) is 0.329. The second kappa shape index (κ2) is 9.71. The van der Waals surface area contributed by atoms with Crippen molar-refractivity contribution in [1.82, 2.24) is 9.97 Å². The minimum Gasteiger partial charge on any atom is -0.512 e. The number of aliphatic hydroxyl groups is 1. The molecule has 0 aliphatic heterocycles. The summed E-state index contributed by atoms with van der Waals surface area (Å²) >= 11 is 0. The van der Waals surface area contributed by atoms with Gasteiger partial charge in [0.05, 0.1) is 16.8 Å². The summed E-state index contributed by atoms with van der Waals surface area (Å²) < 4.78 is 0. The molecule has 1 N–H and O–H groups in total. The summed E-state index contributed by atoms with van der Waals surface area (Å²) in [4.78, 5) is 18.9. The van der Waals surface area contributed by atoms with Gasteiger partial charge in [0.25, 0.3) is 0 Å². The van der Waals surface area contributed by atoms with Gasteiger partial charge in [0.1, 0.15) is 0 Å². The van der Waals surface area contributed by atoms with Crippen LogP contribution in [0, 0.1) is 6.07 Å². The maximum atomic E-state index is 10.0. The van der Waals surface area contributed by atoms with Gasteiger partial charge in [0.2, 0.25) is 0 Å². The molecular weight excluding hydrogens is 480 g/mol. The number of ketones is 1. The van der Waals surface area contributed by atoms with Crippen LogP contribution < -0.4 is 0 Å². The second-order valence-corrected chi connectivity index (χ2v) is 4.92. The first-order chi connectivity index (χ1) is 11.1. The topological polar surface area (TPSA) is 63.1 Å². The van der Waals surface area contributed by atoms with Crippen molar-refractivity contribution in [2.45, 2.75) is 13.8 Å². The molecule has 0 amide bonds. The number of rotatable bonds is 2. The normalized spacial score (nSPS) is 10.3. The molecule has 4 nitrogen and oxygen atoms in total. The standard InChI is InChI=1S/C14H9N2.C5H8O2.Ir/c1-2-6-11(7-3-1)14-10-15-12-8-4-5-9-13(12)16-14;1-4(6)3-5(2)7;/h1-6,8-10H;3,6H,1-2H3;/q-1;;. The number of aliphatic hydroxyl groups excluding tert-OH is 1. The Hall–Kier alpha value is -2.36. The number of allylic oxidation sites excluding steroid dienone is 2.